The van der Waals surface area contributed by atoms with Gasteiger partial charge in [-0.05, 0) is 42.1 Å². The molecule has 0 saturated carbocycles. The number of piperazine rings is 1. The number of fused-ring (bicyclic) bond motifs is 1. The molecule has 1 aliphatic heterocycles. The van der Waals surface area contributed by atoms with Crippen molar-refractivity contribution in [2.75, 3.05) is 36.4 Å². The zero-order valence-corrected chi connectivity index (χ0v) is 21.3. The molecular weight excluding hydrogens is 453 g/mol. The fourth-order valence-electron chi connectivity index (χ4n) is 4.45. The molecular formula is C26H30BN7S. The summed E-state index contributed by atoms with van der Waals surface area (Å²) in [5, 5.41) is 9.86. The van der Waals surface area contributed by atoms with E-state index in [1.54, 1.807) is 0 Å². The Morgan fingerprint density at radius 2 is 1.83 bits per heavy atom. The standard InChI is InChI=1S/C26H30BN7S/c1-18(19-6-7-28-25(14-19)33-8-10-34(11-9-33)26(2,27)35)31-24-13-22-12-20(4-5-21(22)15-29-24)23-16-30-32(3)17-23/h4-7,12-17,35H,1,8-11,27H2,2-3H3,(H,29,31). The summed E-state index contributed by atoms with van der Waals surface area (Å²) in [6, 6.07) is 12.5. The number of hydrogen-bond donors (Lipinski definition) is 2. The molecule has 1 fully saturated rings. The van der Waals surface area contributed by atoms with E-state index in [0.29, 0.717) is 0 Å². The van der Waals surface area contributed by atoms with Crippen LogP contribution in [0.25, 0.3) is 27.6 Å². The number of rotatable bonds is 6. The summed E-state index contributed by atoms with van der Waals surface area (Å²) in [6.07, 6.45) is 7.63. The summed E-state index contributed by atoms with van der Waals surface area (Å²) in [6.45, 7) is 10.2. The molecule has 0 radical (unpaired) electrons. The molecule has 4 heterocycles. The van der Waals surface area contributed by atoms with Gasteiger partial charge in [-0.1, -0.05) is 18.7 Å². The maximum Gasteiger partial charge on any atom is 0.140 e. The van der Waals surface area contributed by atoms with E-state index in [9.17, 15) is 0 Å². The number of hydrogen-bond acceptors (Lipinski definition) is 7. The van der Waals surface area contributed by atoms with Gasteiger partial charge in [0, 0.05) is 78.8 Å². The maximum atomic E-state index is 4.71. The van der Waals surface area contributed by atoms with E-state index in [2.05, 4.69) is 81.9 Å². The summed E-state index contributed by atoms with van der Waals surface area (Å²) in [5.41, 5.74) is 4.01. The third kappa shape index (κ3) is 5.21. The van der Waals surface area contributed by atoms with Crippen LogP contribution in [0.4, 0.5) is 11.6 Å². The predicted molar refractivity (Wildman–Crippen MR) is 151 cm³/mol. The Bertz CT molecular complexity index is 1370. The van der Waals surface area contributed by atoms with E-state index in [-0.39, 0.29) is 4.77 Å². The summed E-state index contributed by atoms with van der Waals surface area (Å²) in [7, 11) is 4.07. The van der Waals surface area contributed by atoms with Crippen molar-refractivity contribution in [1.29, 1.82) is 0 Å². The van der Waals surface area contributed by atoms with Crippen LogP contribution in [0.3, 0.4) is 0 Å². The Hall–Kier alpha value is -3.30. The quantitative estimate of drug-likeness (QED) is 0.324. The molecule has 9 heteroatoms. The van der Waals surface area contributed by atoms with Crippen molar-refractivity contribution in [1.82, 2.24) is 24.6 Å². The van der Waals surface area contributed by atoms with Crippen LogP contribution in [0, 0.1) is 0 Å². The molecule has 1 aliphatic rings. The fourth-order valence-corrected chi connectivity index (χ4v) is 4.65. The van der Waals surface area contributed by atoms with Gasteiger partial charge >= 0.3 is 0 Å². The Kier molecular flexibility index (Phi) is 6.29. The normalized spacial score (nSPS) is 16.3. The SMILES string of the molecule is BC(C)(S)N1CCN(c2cc(C(=C)Nc3cc4cc(-c5cnn(C)c5)ccc4cn3)ccn2)CC1. The molecule has 3 aromatic heterocycles. The number of nitrogens with one attached hydrogen (secondary N) is 1. The molecule has 1 atom stereocenters. The number of benzene rings is 1. The van der Waals surface area contributed by atoms with Crippen molar-refractivity contribution in [2.24, 2.45) is 7.05 Å². The van der Waals surface area contributed by atoms with Crippen molar-refractivity contribution >= 4 is 48.6 Å². The summed E-state index contributed by atoms with van der Waals surface area (Å²) >= 11 is 4.71. The minimum Gasteiger partial charge on any atom is -0.354 e. The van der Waals surface area contributed by atoms with Crippen molar-refractivity contribution in [3.05, 3.63) is 73.3 Å². The van der Waals surface area contributed by atoms with Crippen LogP contribution < -0.4 is 10.2 Å². The van der Waals surface area contributed by atoms with Gasteiger partial charge in [0.1, 0.15) is 19.5 Å². The second kappa shape index (κ2) is 9.39. The maximum absolute atomic E-state index is 4.71. The van der Waals surface area contributed by atoms with Crippen LogP contribution in [0.5, 0.6) is 0 Å². The van der Waals surface area contributed by atoms with Crippen molar-refractivity contribution < 1.29 is 0 Å². The Morgan fingerprint density at radius 3 is 2.54 bits per heavy atom. The van der Waals surface area contributed by atoms with Gasteiger partial charge in [0.15, 0.2) is 0 Å². The minimum absolute atomic E-state index is 0.106. The summed E-state index contributed by atoms with van der Waals surface area (Å²) in [4.78, 5) is 13.9. The van der Waals surface area contributed by atoms with Gasteiger partial charge in [-0.15, -0.1) is 0 Å². The number of aromatic nitrogens is 4. The van der Waals surface area contributed by atoms with Crippen molar-refractivity contribution in [3.63, 3.8) is 0 Å². The first-order valence-corrected chi connectivity index (χ1v) is 12.2. The first-order valence-electron chi connectivity index (χ1n) is 11.8. The molecule has 0 bridgehead atoms. The minimum atomic E-state index is -0.106. The van der Waals surface area contributed by atoms with Crippen LogP contribution in [0.1, 0.15) is 12.5 Å². The largest absolute Gasteiger partial charge is 0.354 e. The molecule has 1 aromatic carbocycles. The summed E-state index contributed by atoms with van der Waals surface area (Å²) in [5.74, 6) is 1.73. The number of nitrogens with zero attached hydrogens (tertiary/aromatic N) is 6. The first kappa shape index (κ1) is 23.4. The highest BCUT2D eigenvalue weighted by Gasteiger charge is 2.27. The van der Waals surface area contributed by atoms with Crippen molar-refractivity contribution in [3.8, 4) is 11.1 Å². The smallest absolute Gasteiger partial charge is 0.140 e. The van der Waals surface area contributed by atoms with E-state index in [1.807, 2.05) is 42.6 Å². The average Bonchev–Trinajstić information content (AvgIpc) is 3.29. The van der Waals surface area contributed by atoms with E-state index >= 15 is 0 Å². The molecule has 0 amide bonds. The van der Waals surface area contributed by atoms with Gasteiger partial charge < -0.3 is 10.2 Å². The average molecular weight is 483 g/mol. The molecule has 35 heavy (non-hydrogen) atoms. The lowest BCUT2D eigenvalue weighted by Gasteiger charge is -2.42. The van der Waals surface area contributed by atoms with Crippen LogP contribution in [0.15, 0.2) is 67.8 Å². The molecule has 0 aliphatic carbocycles. The first-order chi connectivity index (χ1) is 16.8. The third-order valence-corrected chi connectivity index (χ3v) is 6.79. The Balaban J connectivity index is 1.31. The molecule has 7 nitrogen and oxygen atoms in total. The second-order valence-corrected chi connectivity index (χ2v) is 10.6. The van der Waals surface area contributed by atoms with E-state index < -0.39 is 0 Å². The van der Waals surface area contributed by atoms with Crippen molar-refractivity contribution in [2.45, 2.75) is 11.7 Å². The van der Waals surface area contributed by atoms with Gasteiger partial charge in [-0.3, -0.25) is 9.58 Å². The van der Waals surface area contributed by atoms with Gasteiger partial charge in [0.25, 0.3) is 0 Å². The molecule has 1 unspecified atom stereocenters. The van der Waals surface area contributed by atoms with E-state index in [4.69, 9.17) is 12.6 Å². The third-order valence-electron chi connectivity index (χ3n) is 6.51. The van der Waals surface area contributed by atoms with Crippen LogP contribution in [-0.4, -0.2) is 63.4 Å². The lowest BCUT2D eigenvalue weighted by atomic mass is 9.95. The van der Waals surface area contributed by atoms with Gasteiger partial charge in [0.2, 0.25) is 0 Å². The lowest BCUT2D eigenvalue weighted by molar-refractivity contribution is 0.227. The number of anilines is 2. The highest BCUT2D eigenvalue weighted by Crippen LogP contribution is 2.27. The zero-order valence-electron chi connectivity index (χ0n) is 20.4. The highest BCUT2D eigenvalue weighted by molar-refractivity contribution is 7.83. The zero-order chi connectivity index (χ0) is 24.6. The summed E-state index contributed by atoms with van der Waals surface area (Å²) < 4.78 is 1.71. The number of pyridine rings is 2. The molecule has 1 saturated heterocycles. The van der Waals surface area contributed by atoms with E-state index in [0.717, 1.165) is 71.0 Å². The molecule has 1 N–H and O–H groups in total. The monoisotopic (exact) mass is 483 g/mol. The number of aryl methyl sites for hydroxylation is 1. The predicted octanol–water partition coefficient (Wildman–Crippen LogP) is 3.47. The van der Waals surface area contributed by atoms with Gasteiger partial charge in [-0.2, -0.15) is 17.7 Å². The van der Waals surface area contributed by atoms with Crippen LogP contribution in [0.2, 0.25) is 0 Å². The van der Waals surface area contributed by atoms with Gasteiger partial charge in [-0.25, -0.2) is 9.97 Å². The Labute approximate surface area is 212 Å². The number of thiol groups is 1. The van der Waals surface area contributed by atoms with Gasteiger partial charge in [0.05, 0.1) is 6.20 Å². The van der Waals surface area contributed by atoms with Crippen LogP contribution >= 0.6 is 12.6 Å². The molecule has 4 aromatic rings. The molecule has 5 rings (SSSR count). The topological polar surface area (TPSA) is 62.1 Å². The highest BCUT2D eigenvalue weighted by atomic mass is 32.1. The molecule has 0 spiro atoms. The Morgan fingerprint density at radius 1 is 1.03 bits per heavy atom. The molecule has 178 valence electrons. The lowest BCUT2D eigenvalue weighted by Crippen LogP contribution is -2.54. The fraction of sp³-hybridized carbons (Fsp3) is 0.269. The van der Waals surface area contributed by atoms with E-state index in [1.165, 1.54) is 0 Å². The van der Waals surface area contributed by atoms with Crippen LogP contribution in [-0.2, 0) is 7.05 Å². The second-order valence-electron chi connectivity index (χ2n) is 9.51.